The number of aldehydes is 1. The fraction of sp³-hybridized carbons (Fsp3) is 0.190. The van der Waals surface area contributed by atoms with E-state index >= 15 is 0 Å². The van der Waals surface area contributed by atoms with Crippen LogP contribution in [-0.4, -0.2) is 17.2 Å². The minimum absolute atomic E-state index is 0.0508. The van der Waals surface area contributed by atoms with Crippen LogP contribution in [0.4, 0.5) is 5.13 Å². The van der Waals surface area contributed by atoms with Gasteiger partial charge in [0.1, 0.15) is 6.29 Å². The third kappa shape index (κ3) is 2.74. The molecule has 1 N–H and O–H groups in total. The van der Waals surface area contributed by atoms with Gasteiger partial charge < -0.3 is 5.32 Å². The van der Waals surface area contributed by atoms with Gasteiger partial charge in [0.15, 0.2) is 5.13 Å². The molecule has 4 nitrogen and oxygen atoms in total. The third-order valence-electron chi connectivity index (χ3n) is 5.12. The van der Waals surface area contributed by atoms with Gasteiger partial charge in [-0.3, -0.25) is 9.59 Å². The molecule has 1 aliphatic carbocycles. The standard InChI is InChI=1S/C21H18N2O2S/c1-21(19(25)23-20-22-9-10-26-20)12-16-8-7-14(13-24)11-17(16)18(21)15-5-3-2-4-6-15/h2-11,13,18H,12H2,1H3,(H,22,23,25)/t18-,21+/m0/s1. The van der Waals surface area contributed by atoms with Crippen molar-refractivity contribution in [3.8, 4) is 0 Å². The van der Waals surface area contributed by atoms with Gasteiger partial charge in [-0.2, -0.15) is 0 Å². The lowest BCUT2D eigenvalue weighted by Crippen LogP contribution is -2.37. The summed E-state index contributed by atoms with van der Waals surface area (Å²) in [4.78, 5) is 28.7. The van der Waals surface area contributed by atoms with Crippen LogP contribution in [0, 0.1) is 5.41 Å². The first kappa shape index (κ1) is 16.7. The molecule has 1 amide bonds. The summed E-state index contributed by atoms with van der Waals surface area (Å²) in [5.41, 5.74) is 3.22. The number of anilines is 1. The lowest BCUT2D eigenvalue weighted by molar-refractivity contribution is -0.125. The Morgan fingerprint density at radius 1 is 1.27 bits per heavy atom. The molecule has 130 valence electrons. The Hall–Kier alpha value is -2.79. The van der Waals surface area contributed by atoms with Crippen LogP contribution >= 0.6 is 11.3 Å². The zero-order valence-electron chi connectivity index (χ0n) is 14.3. The summed E-state index contributed by atoms with van der Waals surface area (Å²) in [6.07, 6.45) is 3.16. The van der Waals surface area contributed by atoms with E-state index in [2.05, 4.69) is 10.3 Å². The maximum absolute atomic E-state index is 13.2. The minimum atomic E-state index is -0.656. The summed E-state index contributed by atoms with van der Waals surface area (Å²) in [5.74, 6) is -0.163. The molecular weight excluding hydrogens is 344 g/mol. The molecule has 1 aromatic heterocycles. The summed E-state index contributed by atoms with van der Waals surface area (Å²) in [6, 6.07) is 15.7. The van der Waals surface area contributed by atoms with Crippen LogP contribution in [0.2, 0.25) is 0 Å². The highest BCUT2D eigenvalue weighted by Gasteiger charge is 2.48. The quantitative estimate of drug-likeness (QED) is 0.705. The first-order valence-electron chi connectivity index (χ1n) is 8.46. The Bertz CT molecular complexity index is 953. The van der Waals surface area contributed by atoms with Gasteiger partial charge in [0.2, 0.25) is 5.91 Å². The average molecular weight is 362 g/mol. The number of rotatable bonds is 4. The zero-order chi connectivity index (χ0) is 18.1. The van der Waals surface area contributed by atoms with Crippen molar-refractivity contribution < 1.29 is 9.59 Å². The maximum atomic E-state index is 13.2. The fourth-order valence-corrected chi connectivity index (χ4v) is 4.41. The monoisotopic (exact) mass is 362 g/mol. The molecule has 1 aliphatic rings. The predicted molar refractivity (Wildman–Crippen MR) is 103 cm³/mol. The Morgan fingerprint density at radius 2 is 2.08 bits per heavy atom. The number of fused-ring (bicyclic) bond motifs is 1. The molecule has 0 unspecified atom stereocenters. The van der Waals surface area contributed by atoms with E-state index in [0.29, 0.717) is 17.1 Å². The second kappa shape index (κ2) is 6.50. The Balaban J connectivity index is 1.80. The lowest BCUT2D eigenvalue weighted by Gasteiger charge is -2.31. The molecule has 2 aromatic carbocycles. The number of nitrogens with zero attached hydrogens (tertiary/aromatic N) is 1. The van der Waals surface area contributed by atoms with Crippen LogP contribution in [0.25, 0.3) is 0 Å². The number of hydrogen-bond acceptors (Lipinski definition) is 4. The highest BCUT2D eigenvalue weighted by atomic mass is 32.1. The molecule has 0 saturated heterocycles. The van der Waals surface area contributed by atoms with Gasteiger partial charge in [-0.25, -0.2) is 4.98 Å². The van der Waals surface area contributed by atoms with Crippen LogP contribution in [0.1, 0.15) is 39.9 Å². The maximum Gasteiger partial charge on any atom is 0.233 e. The number of benzene rings is 2. The molecule has 0 spiro atoms. The molecule has 5 heteroatoms. The topological polar surface area (TPSA) is 59.1 Å². The number of nitrogens with one attached hydrogen (secondary N) is 1. The Labute approximate surface area is 155 Å². The number of aromatic nitrogens is 1. The molecule has 3 aromatic rings. The summed E-state index contributed by atoms with van der Waals surface area (Å²) < 4.78 is 0. The van der Waals surface area contributed by atoms with E-state index in [-0.39, 0.29) is 11.8 Å². The fourth-order valence-electron chi connectivity index (χ4n) is 3.89. The Kier molecular flexibility index (Phi) is 4.17. The van der Waals surface area contributed by atoms with Gasteiger partial charge in [0.25, 0.3) is 0 Å². The van der Waals surface area contributed by atoms with Crippen molar-refractivity contribution >= 4 is 28.7 Å². The summed E-state index contributed by atoms with van der Waals surface area (Å²) in [7, 11) is 0. The van der Waals surface area contributed by atoms with E-state index in [1.807, 2.05) is 60.8 Å². The van der Waals surface area contributed by atoms with E-state index in [1.165, 1.54) is 11.3 Å². The molecule has 2 atom stereocenters. The van der Waals surface area contributed by atoms with E-state index in [4.69, 9.17) is 0 Å². The Morgan fingerprint density at radius 3 is 2.77 bits per heavy atom. The van der Waals surface area contributed by atoms with Crippen LogP contribution in [0.5, 0.6) is 0 Å². The molecule has 26 heavy (non-hydrogen) atoms. The number of carbonyl (C=O) groups is 2. The van der Waals surface area contributed by atoms with Crippen molar-refractivity contribution in [1.29, 1.82) is 0 Å². The molecule has 0 saturated carbocycles. The molecule has 0 fully saturated rings. The molecule has 0 aliphatic heterocycles. The van der Waals surface area contributed by atoms with Crippen LogP contribution in [0.15, 0.2) is 60.1 Å². The zero-order valence-corrected chi connectivity index (χ0v) is 15.1. The van der Waals surface area contributed by atoms with Crippen LogP contribution in [0.3, 0.4) is 0 Å². The second-order valence-electron chi connectivity index (χ2n) is 6.81. The number of thiazole rings is 1. The smallest absolute Gasteiger partial charge is 0.233 e. The summed E-state index contributed by atoms with van der Waals surface area (Å²) in [5, 5.41) is 5.41. The first-order chi connectivity index (χ1) is 12.6. The van der Waals surface area contributed by atoms with Crippen molar-refractivity contribution in [2.45, 2.75) is 19.3 Å². The van der Waals surface area contributed by atoms with Crippen molar-refractivity contribution in [3.63, 3.8) is 0 Å². The SMILES string of the molecule is C[C@@]1(C(=O)Nc2nccs2)Cc2ccc(C=O)cc2[C@@H]1c1ccccc1. The van der Waals surface area contributed by atoms with E-state index in [9.17, 15) is 9.59 Å². The summed E-state index contributed by atoms with van der Waals surface area (Å²) >= 11 is 1.41. The van der Waals surface area contributed by atoms with Gasteiger partial charge in [0, 0.05) is 23.1 Å². The van der Waals surface area contributed by atoms with Crippen molar-refractivity contribution in [1.82, 2.24) is 4.98 Å². The van der Waals surface area contributed by atoms with E-state index in [1.54, 1.807) is 6.20 Å². The van der Waals surface area contributed by atoms with Gasteiger partial charge in [-0.15, -0.1) is 11.3 Å². The van der Waals surface area contributed by atoms with E-state index < -0.39 is 5.41 Å². The van der Waals surface area contributed by atoms with Crippen molar-refractivity contribution in [2.24, 2.45) is 5.41 Å². The summed E-state index contributed by atoms with van der Waals surface area (Å²) in [6.45, 7) is 1.99. The molecule has 0 bridgehead atoms. The predicted octanol–water partition coefficient (Wildman–Crippen LogP) is 4.29. The van der Waals surface area contributed by atoms with Crippen molar-refractivity contribution in [2.75, 3.05) is 5.32 Å². The first-order valence-corrected chi connectivity index (χ1v) is 9.33. The van der Waals surface area contributed by atoms with Crippen LogP contribution < -0.4 is 5.32 Å². The highest BCUT2D eigenvalue weighted by Crippen LogP contribution is 2.51. The molecule has 4 rings (SSSR count). The van der Waals surface area contributed by atoms with Gasteiger partial charge in [-0.05, 0) is 36.1 Å². The van der Waals surface area contributed by atoms with Gasteiger partial charge in [-0.1, -0.05) is 42.5 Å². The average Bonchev–Trinajstić information content (AvgIpc) is 3.27. The number of carbonyl (C=O) groups excluding carboxylic acids is 2. The highest BCUT2D eigenvalue weighted by molar-refractivity contribution is 7.13. The van der Waals surface area contributed by atoms with Crippen molar-refractivity contribution in [3.05, 3.63) is 82.4 Å². The minimum Gasteiger partial charge on any atom is -0.301 e. The normalized spacial score (nSPS) is 21.2. The molecule has 0 radical (unpaired) electrons. The second-order valence-corrected chi connectivity index (χ2v) is 7.70. The molecular formula is C21H18N2O2S. The van der Waals surface area contributed by atoms with Gasteiger partial charge >= 0.3 is 0 Å². The number of amides is 1. The largest absolute Gasteiger partial charge is 0.301 e. The van der Waals surface area contributed by atoms with E-state index in [0.717, 1.165) is 23.0 Å². The third-order valence-corrected chi connectivity index (χ3v) is 5.80. The lowest BCUT2D eigenvalue weighted by atomic mass is 9.73. The molecule has 1 heterocycles. The number of hydrogen-bond donors (Lipinski definition) is 1. The van der Waals surface area contributed by atoms with Gasteiger partial charge in [0.05, 0.1) is 5.41 Å². The van der Waals surface area contributed by atoms with Crippen LogP contribution in [-0.2, 0) is 11.2 Å².